The van der Waals surface area contributed by atoms with Crippen molar-refractivity contribution in [1.82, 2.24) is 10.2 Å². The van der Waals surface area contributed by atoms with Crippen LogP contribution in [0.5, 0.6) is 0 Å². The highest BCUT2D eigenvalue weighted by atomic mass is 19.1. The van der Waals surface area contributed by atoms with Gasteiger partial charge in [-0.3, -0.25) is 9.59 Å². The average molecular weight is 380 g/mol. The van der Waals surface area contributed by atoms with Gasteiger partial charge in [-0.05, 0) is 42.2 Å². The highest BCUT2D eigenvalue weighted by Gasteiger charge is 2.41. The molecule has 1 fully saturated rings. The van der Waals surface area contributed by atoms with Gasteiger partial charge in [0.1, 0.15) is 11.9 Å². The summed E-state index contributed by atoms with van der Waals surface area (Å²) in [6.45, 7) is 0.274. The van der Waals surface area contributed by atoms with Gasteiger partial charge in [-0.1, -0.05) is 56.0 Å². The lowest BCUT2D eigenvalue weighted by atomic mass is 10.0. The lowest BCUT2D eigenvalue weighted by Gasteiger charge is -2.27. The Kier molecular flexibility index (Phi) is 5.42. The summed E-state index contributed by atoms with van der Waals surface area (Å²) in [7, 11) is 0. The summed E-state index contributed by atoms with van der Waals surface area (Å²) in [5, 5.41) is 3.19. The quantitative estimate of drug-likeness (QED) is 0.801. The third-order valence-corrected chi connectivity index (χ3v) is 5.77. The maximum Gasteiger partial charge on any atom is 0.255 e. The number of fused-ring (bicyclic) bond motifs is 1. The maximum atomic E-state index is 13.2. The van der Waals surface area contributed by atoms with Crippen LogP contribution in [0.15, 0.2) is 48.5 Å². The first-order chi connectivity index (χ1) is 13.6. The van der Waals surface area contributed by atoms with Gasteiger partial charge in [0.2, 0.25) is 5.91 Å². The first-order valence-electron chi connectivity index (χ1n) is 10.1. The highest BCUT2D eigenvalue weighted by Crippen LogP contribution is 2.35. The number of nitrogens with one attached hydrogen (secondary N) is 1. The summed E-state index contributed by atoms with van der Waals surface area (Å²) in [5.74, 6) is -0.587. The van der Waals surface area contributed by atoms with Gasteiger partial charge in [0.15, 0.2) is 0 Å². The Morgan fingerprint density at radius 2 is 1.68 bits per heavy atom. The van der Waals surface area contributed by atoms with Crippen LogP contribution in [0.1, 0.15) is 66.1 Å². The van der Waals surface area contributed by atoms with Crippen LogP contribution in [-0.2, 0) is 11.3 Å². The molecule has 0 radical (unpaired) electrons. The van der Waals surface area contributed by atoms with E-state index in [1.54, 1.807) is 23.1 Å². The van der Waals surface area contributed by atoms with Gasteiger partial charge >= 0.3 is 0 Å². The zero-order chi connectivity index (χ0) is 19.5. The van der Waals surface area contributed by atoms with E-state index >= 15 is 0 Å². The van der Waals surface area contributed by atoms with E-state index in [0.29, 0.717) is 5.56 Å². The number of carbonyl (C=O) groups is 2. The molecule has 0 bridgehead atoms. The summed E-state index contributed by atoms with van der Waals surface area (Å²) in [4.78, 5) is 27.8. The Hall–Kier alpha value is -2.69. The number of nitrogens with zero attached hydrogens (tertiary/aromatic N) is 1. The average Bonchev–Trinajstić information content (AvgIpc) is 2.85. The Labute approximate surface area is 164 Å². The third-order valence-electron chi connectivity index (χ3n) is 5.77. The molecule has 2 aliphatic rings. The molecule has 28 heavy (non-hydrogen) atoms. The maximum absolute atomic E-state index is 13.2. The topological polar surface area (TPSA) is 49.4 Å². The Balaban J connectivity index is 1.59. The molecular weight excluding hydrogens is 355 g/mol. The summed E-state index contributed by atoms with van der Waals surface area (Å²) in [5.41, 5.74) is 2.13. The van der Waals surface area contributed by atoms with E-state index in [1.165, 1.54) is 25.0 Å². The van der Waals surface area contributed by atoms with Crippen molar-refractivity contribution in [2.75, 3.05) is 0 Å². The Morgan fingerprint density at radius 1 is 1.00 bits per heavy atom. The molecule has 1 heterocycles. The minimum Gasteiger partial charge on any atom is -0.351 e. The van der Waals surface area contributed by atoms with E-state index in [9.17, 15) is 14.0 Å². The predicted octanol–water partition coefficient (Wildman–Crippen LogP) is 4.36. The summed E-state index contributed by atoms with van der Waals surface area (Å²) < 4.78 is 13.2. The number of rotatable bonds is 4. The van der Waals surface area contributed by atoms with Crippen molar-refractivity contribution < 1.29 is 14.0 Å². The van der Waals surface area contributed by atoms with Gasteiger partial charge in [-0.15, -0.1) is 0 Å². The molecule has 0 spiro atoms. The molecule has 2 aromatic carbocycles. The SMILES string of the molecule is O=C(NC1CCCCCC1)[C@@H]1c2ccccc2C(=O)N1Cc1ccc(F)cc1. The van der Waals surface area contributed by atoms with E-state index in [-0.39, 0.29) is 30.2 Å². The van der Waals surface area contributed by atoms with Gasteiger partial charge in [0.25, 0.3) is 5.91 Å². The van der Waals surface area contributed by atoms with Crippen molar-refractivity contribution in [3.63, 3.8) is 0 Å². The lowest BCUT2D eigenvalue weighted by Crippen LogP contribution is -2.43. The molecule has 1 atom stereocenters. The molecule has 2 aromatic rings. The first kappa shape index (κ1) is 18.7. The zero-order valence-corrected chi connectivity index (χ0v) is 15.9. The van der Waals surface area contributed by atoms with Crippen molar-refractivity contribution in [2.24, 2.45) is 0 Å². The third kappa shape index (κ3) is 3.79. The molecule has 1 aliphatic carbocycles. The lowest BCUT2D eigenvalue weighted by molar-refractivity contribution is -0.126. The van der Waals surface area contributed by atoms with E-state index in [0.717, 1.165) is 36.8 Å². The molecule has 1 saturated carbocycles. The fraction of sp³-hybridized carbons (Fsp3) is 0.391. The molecular formula is C23H25FN2O2. The molecule has 0 unspecified atom stereocenters. The van der Waals surface area contributed by atoms with E-state index in [2.05, 4.69) is 5.32 Å². The molecule has 0 aromatic heterocycles. The molecule has 1 aliphatic heterocycles. The monoisotopic (exact) mass is 380 g/mol. The van der Waals surface area contributed by atoms with E-state index < -0.39 is 6.04 Å². The zero-order valence-electron chi connectivity index (χ0n) is 15.9. The van der Waals surface area contributed by atoms with Gasteiger partial charge in [-0.25, -0.2) is 4.39 Å². The number of amides is 2. The smallest absolute Gasteiger partial charge is 0.255 e. The van der Waals surface area contributed by atoms with Crippen LogP contribution in [-0.4, -0.2) is 22.8 Å². The van der Waals surface area contributed by atoms with Crippen molar-refractivity contribution in [2.45, 2.75) is 57.2 Å². The number of benzene rings is 2. The number of halogens is 1. The molecule has 1 N–H and O–H groups in total. The fourth-order valence-corrected chi connectivity index (χ4v) is 4.31. The minimum atomic E-state index is -0.642. The van der Waals surface area contributed by atoms with Crippen LogP contribution in [0.25, 0.3) is 0 Å². The molecule has 146 valence electrons. The van der Waals surface area contributed by atoms with Gasteiger partial charge in [0.05, 0.1) is 0 Å². The van der Waals surface area contributed by atoms with E-state index in [1.807, 2.05) is 18.2 Å². The van der Waals surface area contributed by atoms with E-state index in [4.69, 9.17) is 0 Å². The molecule has 4 rings (SSSR count). The largest absolute Gasteiger partial charge is 0.351 e. The van der Waals surface area contributed by atoms with Gasteiger partial charge in [-0.2, -0.15) is 0 Å². The highest BCUT2D eigenvalue weighted by molar-refractivity contribution is 6.04. The van der Waals surface area contributed by atoms with Crippen molar-refractivity contribution in [1.29, 1.82) is 0 Å². The van der Waals surface area contributed by atoms with Gasteiger partial charge in [0, 0.05) is 18.2 Å². The van der Waals surface area contributed by atoms with Crippen LogP contribution >= 0.6 is 0 Å². The van der Waals surface area contributed by atoms with Crippen molar-refractivity contribution >= 4 is 11.8 Å². The molecule has 2 amide bonds. The molecule has 5 heteroatoms. The van der Waals surface area contributed by atoms with Crippen LogP contribution in [0.3, 0.4) is 0 Å². The predicted molar refractivity (Wildman–Crippen MR) is 105 cm³/mol. The Bertz CT molecular complexity index is 857. The van der Waals surface area contributed by atoms with Gasteiger partial charge < -0.3 is 10.2 Å². The van der Waals surface area contributed by atoms with Crippen LogP contribution in [0.4, 0.5) is 4.39 Å². The number of carbonyl (C=O) groups excluding carboxylic acids is 2. The number of hydrogen-bond acceptors (Lipinski definition) is 2. The van der Waals surface area contributed by atoms with Crippen molar-refractivity contribution in [3.8, 4) is 0 Å². The minimum absolute atomic E-state index is 0.118. The second kappa shape index (κ2) is 8.13. The number of hydrogen-bond donors (Lipinski definition) is 1. The summed E-state index contributed by atoms with van der Waals surface area (Å²) in [6.07, 6.45) is 6.68. The standard InChI is InChI=1S/C23H25FN2O2/c24-17-13-11-16(12-14-17)15-26-21(19-9-5-6-10-20(19)23(26)28)22(27)25-18-7-3-1-2-4-8-18/h5-6,9-14,18,21H,1-4,7-8,15H2,(H,25,27)/t21-/m0/s1. The second-order valence-electron chi connectivity index (χ2n) is 7.75. The molecule has 0 saturated heterocycles. The molecule has 4 nitrogen and oxygen atoms in total. The fourth-order valence-electron chi connectivity index (χ4n) is 4.31. The summed E-state index contributed by atoms with van der Waals surface area (Å²) in [6, 6.07) is 12.9. The van der Waals surface area contributed by atoms with Crippen LogP contribution < -0.4 is 5.32 Å². The summed E-state index contributed by atoms with van der Waals surface area (Å²) >= 11 is 0. The Morgan fingerprint density at radius 3 is 2.39 bits per heavy atom. The van der Waals surface area contributed by atoms with Crippen molar-refractivity contribution in [3.05, 3.63) is 71.0 Å². The first-order valence-corrected chi connectivity index (χ1v) is 10.1. The normalized spacial score (nSPS) is 20.0. The second-order valence-corrected chi connectivity index (χ2v) is 7.75. The van der Waals surface area contributed by atoms with Crippen LogP contribution in [0, 0.1) is 5.82 Å². The van der Waals surface area contributed by atoms with Crippen LogP contribution in [0.2, 0.25) is 0 Å².